The van der Waals surface area contributed by atoms with Gasteiger partial charge < -0.3 is 9.84 Å². The maximum atomic E-state index is 13.2. The van der Waals surface area contributed by atoms with E-state index in [-0.39, 0.29) is 5.82 Å². The first kappa shape index (κ1) is 24.8. The van der Waals surface area contributed by atoms with E-state index in [0.717, 1.165) is 28.0 Å². The number of nitrogens with one attached hydrogen (secondary N) is 1. The second kappa shape index (κ2) is 11.0. The summed E-state index contributed by atoms with van der Waals surface area (Å²) in [5.74, 6) is -0.209. The van der Waals surface area contributed by atoms with Gasteiger partial charge in [-0.05, 0) is 71.5 Å². The fraction of sp³-hybridized carbons (Fsp3) is 0.133. The van der Waals surface area contributed by atoms with Crippen LogP contribution in [0.4, 0.5) is 4.39 Å². The number of halogens is 1. The van der Waals surface area contributed by atoms with Crippen molar-refractivity contribution in [2.45, 2.75) is 26.1 Å². The highest BCUT2D eigenvalue weighted by Crippen LogP contribution is 2.30. The van der Waals surface area contributed by atoms with Gasteiger partial charge in [0.05, 0.1) is 6.21 Å². The lowest BCUT2D eigenvalue weighted by Crippen LogP contribution is -2.43. The van der Waals surface area contributed by atoms with E-state index in [1.54, 1.807) is 60.7 Å². The van der Waals surface area contributed by atoms with Gasteiger partial charge in [0.25, 0.3) is 5.91 Å². The Morgan fingerprint density at radius 1 is 0.917 bits per heavy atom. The SMILES string of the molecule is Cc1cc(/C=N\NC(=O)C(O)(c2ccccc2)c2ccccc2)cc(C)c1OCc1ccc(F)cc1. The first-order chi connectivity index (χ1) is 17.4. The molecule has 0 heterocycles. The van der Waals surface area contributed by atoms with Crippen molar-refractivity contribution in [3.8, 4) is 5.75 Å². The van der Waals surface area contributed by atoms with Gasteiger partial charge in [0.15, 0.2) is 5.60 Å². The van der Waals surface area contributed by atoms with Crippen LogP contribution < -0.4 is 10.2 Å². The fourth-order valence-electron chi connectivity index (χ4n) is 4.06. The number of amides is 1. The number of ether oxygens (including phenoxy) is 1. The standard InChI is InChI=1S/C30H27FN2O3/c1-21-17-24(18-22(2)28(21)36-20-23-13-15-27(31)16-14-23)19-32-33-29(34)30(35,25-9-5-3-6-10-25)26-11-7-4-8-12-26/h3-19,35H,20H2,1-2H3,(H,33,34)/b32-19-. The fourth-order valence-corrected chi connectivity index (χ4v) is 4.06. The molecule has 0 spiro atoms. The van der Waals surface area contributed by atoms with Crippen LogP contribution in [-0.2, 0) is 17.0 Å². The Balaban J connectivity index is 1.49. The number of hydrogen-bond donors (Lipinski definition) is 2. The molecule has 5 nitrogen and oxygen atoms in total. The molecule has 0 saturated heterocycles. The molecule has 36 heavy (non-hydrogen) atoms. The third-order valence-corrected chi connectivity index (χ3v) is 5.87. The smallest absolute Gasteiger partial charge is 0.281 e. The average Bonchev–Trinajstić information content (AvgIpc) is 2.89. The summed E-state index contributed by atoms with van der Waals surface area (Å²) in [7, 11) is 0. The normalized spacial score (nSPS) is 11.4. The summed E-state index contributed by atoms with van der Waals surface area (Å²) in [5.41, 5.74) is 4.91. The van der Waals surface area contributed by atoms with E-state index >= 15 is 0 Å². The predicted molar refractivity (Wildman–Crippen MR) is 138 cm³/mol. The molecule has 0 aliphatic heterocycles. The Bertz CT molecular complexity index is 1290. The van der Waals surface area contributed by atoms with Crippen LogP contribution in [0, 0.1) is 19.7 Å². The molecule has 0 aliphatic carbocycles. The van der Waals surface area contributed by atoms with Gasteiger partial charge in [0.1, 0.15) is 18.2 Å². The Kier molecular flexibility index (Phi) is 7.56. The minimum atomic E-state index is -1.90. The van der Waals surface area contributed by atoms with Gasteiger partial charge in [0, 0.05) is 0 Å². The maximum absolute atomic E-state index is 13.2. The van der Waals surface area contributed by atoms with E-state index in [4.69, 9.17) is 4.74 Å². The third kappa shape index (κ3) is 5.50. The van der Waals surface area contributed by atoms with Gasteiger partial charge in [0.2, 0.25) is 0 Å². The van der Waals surface area contributed by atoms with E-state index in [1.165, 1.54) is 18.3 Å². The van der Waals surface area contributed by atoms with E-state index in [1.807, 2.05) is 38.1 Å². The number of aliphatic hydroxyl groups is 1. The Labute approximate surface area is 209 Å². The summed E-state index contributed by atoms with van der Waals surface area (Å²) in [5, 5.41) is 15.6. The number of carbonyl (C=O) groups excluding carboxylic acids is 1. The van der Waals surface area contributed by atoms with E-state index in [0.29, 0.717) is 17.7 Å². The summed E-state index contributed by atoms with van der Waals surface area (Å²) in [6, 6.07) is 27.5. The summed E-state index contributed by atoms with van der Waals surface area (Å²) in [4.78, 5) is 13.2. The molecule has 4 aromatic rings. The number of nitrogens with zero attached hydrogens (tertiary/aromatic N) is 1. The lowest BCUT2D eigenvalue weighted by atomic mass is 9.85. The van der Waals surface area contributed by atoms with Gasteiger partial charge in [-0.2, -0.15) is 5.10 Å². The summed E-state index contributed by atoms with van der Waals surface area (Å²) in [6.45, 7) is 4.17. The Hall–Kier alpha value is -4.29. The molecule has 0 unspecified atom stereocenters. The molecule has 0 saturated carbocycles. The molecule has 2 N–H and O–H groups in total. The molecule has 0 fully saturated rings. The molecule has 6 heteroatoms. The second-order valence-electron chi connectivity index (χ2n) is 8.54. The lowest BCUT2D eigenvalue weighted by molar-refractivity contribution is -0.136. The van der Waals surface area contributed by atoms with Crippen LogP contribution in [0.1, 0.15) is 33.4 Å². The van der Waals surface area contributed by atoms with Gasteiger partial charge in [-0.15, -0.1) is 0 Å². The zero-order valence-corrected chi connectivity index (χ0v) is 20.1. The molecular formula is C30H27FN2O3. The second-order valence-corrected chi connectivity index (χ2v) is 8.54. The van der Waals surface area contributed by atoms with Crippen LogP contribution in [0.2, 0.25) is 0 Å². The van der Waals surface area contributed by atoms with Crippen LogP contribution in [-0.4, -0.2) is 17.2 Å². The highest BCUT2D eigenvalue weighted by Gasteiger charge is 2.39. The van der Waals surface area contributed by atoms with E-state index < -0.39 is 11.5 Å². The highest BCUT2D eigenvalue weighted by atomic mass is 19.1. The van der Waals surface area contributed by atoms with Gasteiger partial charge in [-0.25, -0.2) is 9.82 Å². The minimum absolute atomic E-state index is 0.284. The number of benzene rings is 4. The summed E-state index contributed by atoms with van der Waals surface area (Å²) < 4.78 is 19.1. The summed E-state index contributed by atoms with van der Waals surface area (Å²) in [6.07, 6.45) is 1.53. The third-order valence-electron chi connectivity index (χ3n) is 5.87. The zero-order valence-electron chi connectivity index (χ0n) is 20.1. The Morgan fingerprint density at radius 3 is 1.97 bits per heavy atom. The van der Waals surface area contributed by atoms with Crippen molar-refractivity contribution in [1.82, 2.24) is 5.43 Å². The topological polar surface area (TPSA) is 70.9 Å². The quantitative estimate of drug-likeness (QED) is 0.261. The summed E-state index contributed by atoms with van der Waals surface area (Å²) >= 11 is 0. The van der Waals surface area contributed by atoms with Crippen LogP contribution in [0.15, 0.2) is 102 Å². The van der Waals surface area contributed by atoms with Crippen molar-refractivity contribution in [3.63, 3.8) is 0 Å². The van der Waals surface area contributed by atoms with Crippen molar-refractivity contribution >= 4 is 12.1 Å². The highest BCUT2D eigenvalue weighted by molar-refractivity contribution is 5.91. The molecule has 0 atom stereocenters. The average molecular weight is 483 g/mol. The number of rotatable bonds is 8. The van der Waals surface area contributed by atoms with Crippen molar-refractivity contribution in [1.29, 1.82) is 0 Å². The largest absolute Gasteiger partial charge is 0.488 e. The molecule has 182 valence electrons. The van der Waals surface area contributed by atoms with E-state index in [9.17, 15) is 14.3 Å². The molecule has 0 radical (unpaired) electrons. The van der Waals surface area contributed by atoms with Crippen LogP contribution >= 0.6 is 0 Å². The number of carbonyl (C=O) groups is 1. The molecular weight excluding hydrogens is 455 g/mol. The van der Waals surface area contributed by atoms with Gasteiger partial charge >= 0.3 is 0 Å². The van der Waals surface area contributed by atoms with Gasteiger partial charge in [-0.3, -0.25) is 4.79 Å². The van der Waals surface area contributed by atoms with Crippen molar-refractivity contribution in [2.24, 2.45) is 5.10 Å². The minimum Gasteiger partial charge on any atom is -0.488 e. The zero-order chi connectivity index (χ0) is 25.5. The number of aryl methyl sites for hydroxylation is 2. The molecule has 4 aromatic carbocycles. The van der Waals surface area contributed by atoms with Crippen molar-refractivity contribution < 1.29 is 19.0 Å². The first-order valence-electron chi connectivity index (χ1n) is 11.5. The number of hydrogen-bond acceptors (Lipinski definition) is 4. The lowest BCUT2D eigenvalue weighted by Gasteiger charge is -2.27. The molecule has 0 aromatic heterocycles. The van der Waals surface area contributed by atoms with Crippen LogP contribution in [0.25, 0.3) is 0 Å². The molecule has 1 amide bonds. The van der Waals surface area contributed by atoms with Crippen molar-refractivity contribution in [2.75, 3.05) is 0 Å². The van der Waals surface area contributed by atoms with E-state index in [2.05, 4.69) is 10.5 Å². The maximum Gasteiger partial charge on any atom is 0.281 e. The number of hydrazone groups is 1. The molecule has 0 aliphatic rings. The molecule has 4 rings (SSSR count). The van der Waals surface area contributed by atoms with Gasteiger partial charge in [-0.1, -0.05) is 72.8 Å². The van der Waals surface area contributed by atoms with Crippen LogP contribution in [0.5, 0.6) is 5.75 Å². The van der Waals surface area contributed by atoms with Crippen molar-refractivity contribution in [3.05, 3.63) is 136 Å². The monoisotopic (exact) mass is 482 g/mol. The van der Waals surface area contributed by atoms with Crippen LogP contribution in [0.3, 0.4) is 0 Å². The Morgan fingerprint density at radius 2 is 1.44 bits per heavy atom. The predicted octanol–water partition coefficient (Wildman–Crippen LogP) is 5.41. The molecule has 0 bridgehead atoms. The first-order valence-corrected chi connectivity index (χ1v) is 11.5.